The number of para-hydroxylation sites is 1. The summed E-state index contributed by atoms with van der Waals surface area (Å²) in [6.45, 7) is 2.97. The molecule has 0 radical (unpaired) electrons. The van der Waals surface area contributed by atoms with Crippen molar-refractivity contribution in [2.24, 2.45) is 0 Å². The van der Waals surface area contributed by atoms with Gasteiger partial charge in [-0.25, -0.2) is 8.42 Å². The van der Waals surface area contributed by atoms with Crippen molar-refractivity contribution >= 4 is 62.3 Å². The molecule has 1 saturated carbocycles. The Morgan fingerprint density at radius 1 is 0.929 bits per heavy atom. The largest absolute Gasteiger partial charge is 0.352 e. The van der Waals surface area contributed by atoms with Crippen LogP contribution in [0.1, 0.15) is 50.2 Å². The predicted octanol–water partition coefficient (Wildman–Crippen LogP) is 7.02. The molecule has 3 aromatic rings. The summed E-state index contributed by atoms with van der Waals surface area (Å²) in [5.41, 5.74) is 1.49. The summed E-state index contributed by atoms with van der Waals surface area (Å²) in [4.78, 5) is 29.2. The minimum Gasteiger partial charge on any atom is -0.352 e. The van der Waals surface area contributed by atoms with Crippen molar-refractivity contribution in [3.8, 4) is 0 Å². The molecule has 2 amide bonds. The highest BCUT2D eigenvalue weighted by atomic mass is 35.5. The lowest BCUT2D eigenvalue weighted by molar-refractivity contribution is -0.140. The van der Waals surface area contributed by atoms with Crippen LogP contribution in [0.25, 0.3) is 0 Å². The van der Waals surface area contributed by atoms with Crippen LogP contribution < -0.4 is 9.62 Å². The van der Waals surface area contributed by atoms with E-state index in [2.05, 4.69) is 5.32 Å². The number of hydrogen-bond acceptors (Lipinski definition) is 4. The third-order valence-corrected chi connectivity index (χ3v) is 10.3. The molecule has 1 atom stereocenters. The zero-order chi connectivity index (χ0) is 30.4. The molecule has 1 N–H and O–H groups in total. The van der Waals surface area contributed by atoms with Gasteiger partial charge >= 0.3 is 0 Å². The van der Waals surface area contributed by atoms with E-state index in [0.717, 1.165) is 30.0 Å². The van der Waals surface area contributed by atoms with Crippen LogP contribution in [0.5, 0.6) is 0 Å². The average Bonchev–Trinajstić information content (AvgIpc) is 3.46. The standard InChI is InChI=1S/C31H34Cl3N3O4S/c1-3-28(31(39)35-23-10-5-6-11-23)36(19-25-26(33)12-8-13-27(25)34)30(38)20-37(29-14-7-4-9-21(29)2)42(40,41)24-17-15-22(32)16-18-24/h4,7-9,12-18,23,28H,3,5-6,10-11,19-20H2,1-2H3,(H,35,39)/t28-/m0/s1. The van der Waals surface area contributed by atoms with Crippen LogP contribution in [0.3, 0.4) is 0 Å². The number of anilines is 1. The summed E-state index contributed by atoms with van der Waals surface area (Å²) in [5.74, 6) is -0.857. The maximum atomic E-state index is 14.3. The molecule has 0 bridgehead atoms. The van der Waals surface area contributed by atoms with E-state index in [-0.39, 0.29) is 23.4 Å². The zero-order valence-corrected chi connectivity index (χ0v) is 26.6. The van der Waals surface area contributed by atoms with Gasteiger partial charge in [-0.05, 0) is 74.2 Å². The fourth-order valence-electron chi connectivity index (χ4n) is 5.23. The molecule has 0 heterocycles. The summed E-state index contributed by atoms with van der Waals surface area (Å²) in [6.07, 6.45) is 4.14. The van der Waals surface area contributed by atoms with Crippen LogP contribution in [-0.2, 0) is 26.2 Å². The normalized spacial score (nSPS) is 14.4. The lowest BCUT2D eigenvalue weighted by Crippen LogP contribution is -2.53. The van der Waals surface area contributed by atoms with Crippen molar-refractivity contribution in [3.63, 3.8) is 0 Å². The molecule has 0 aliphatic heterocycles. The highest BCUT2D eigenvalue weighted by molar-refractivity contribution is 7.92. The second-order valence-electron chi connectivity index (χ2n) is 10.4. The van der Waals surface area contributed by atoms with E-state index in [1.807, 2.05) is 6.92 Å². The van der Waals surface area contributed by atoms with E-state index in [0.29, 0.717) is 38.3 Å². The third-order valence-electron chi connectivity index (χ3n) is 7.54. The molecule has 1 fully saturated rings. The molecule has 224 valence electrons. The molecule has 7 nitrogen and oxygen atoms in total. The number of amides is 2. The number of benzene rings is 3. The van der Waals surface area contributed by atoms with Crippen LogP contribution in [0, 0.1) is 6.92 Å². The molecule has 3 aromatic carbocycles. The second kappa shape index (κ2) is 14.1. The van der Waals surface area contributed by atoms with Crippen LogP contribution in [-0.4, -0.2) is 43.8 Å². The fraction of sp³-hybridized carbons (Fsp3) is 0.355. The number of carbonyl (C=O) groups excluding carboxylic acids is 2. The van der Waals surface area contributed by atoms with Crippen molar-refractivity contribution < 1.29 is 18.0 Å². The van der Waals surface area contributed by atoms with Crippen molar-refractivity contribution in [2.75, 3.05) is 10.8 Å². The molecule has 0 saturated heterocycles. The second-order valence-corrected chi connectivity index (χ2v) is 13.5. The Bertz CT molecular complexity index is 1510. The topological polar surface area (TPSA) is 86.8 Å². The molecule has 4 rings (SSSR count). The molecular formula is C31H34Cl3N3O4S. The van der Waals surface area contributed by atoms with Crippen LogP contribution in [0.2, 0.25) is 15.1 Å². The van der Waals surface area contributed by atoms with E-state index in [4.69, 9.17) is 34.8 Å². The number of hydrogen-bond donors (Lipinski definition) is 1. The van der Waals surface area contributed by atoms with Gasteiger partial charge in [-0.1, -0.05) is 78.8 Å². The minimum absolute atomic E-state index is 0.0188. The van der Waals surface area contributed by atoms with Crippen molar-refractivity contribution in [1.82, 2.24) is 10.2 Å². The first kappa shape index (κ1) is 32.1. The summed E-state index contributed by atoms with van der Waals surface area (Å²) in [7, 11) is -4.21. The Morgan fingerprint density at radius 2 is 1.55 bits per heavy atom. The van der Waals surface area contributed by atoms with Gasteiger partial charge in [-0.3, -0.25) is 13.9 Å². The molecular weight excluding hydrogens is 617 g/mol. The quantitative estimate of drug-likeness (QED) is 0.242. The Hall–Kier alpha value is -2.78. The first-order valence-corrected chi connectivity index (χ1v) is 16.5. The summed E-state index contributed by atoms with van der Waals surface area (Å²) < 4.78 is 29.1. The zero-order valence-electron chi connectivity index (χ0n) is 23.5. The van der Waals surface area contributed by atoms with E-state index in [1.165, 1.54) is 29.2 Å². The van der Waals surface area contributed by atoms with Gasteiger partial charge in [0.05, 0.1) is 10.6 Å². The van der Waals surface area contributed by atoms with Gasteiger partial charge < -0.3 is 10.2 Å². The number of halogens is 3. The third kappa shape index (κ3) is 7.40. The van der Waals surface area contributed by atoms with Gasteiger partial charge in [-0.2, -0.15) is 0 Å². The number of aryl methyl sites for hydroxylation is 1. The highest BCUT2D eigenvalue weighted by Crippen LogP contribution is 2.30. The molecule has 0 aromatic heterocycles. The maximum Gasteiger partial charge on any atom is 0.264 e. The Balaban J connectivity index is 1.75. The summed E-state index contributed by atoms with van der Waals surface area (Å²) in [5, 5.41) is 4.16. The SMILES string of the molecule is CC[C@@H](C(=O)NC1CCCC1)N(Cc1c(Cl)cccc1Cl)C(=O)CN(c1ccccc1C)S(=O)(=O)c1ccc(Cl)cc1. The van der Waals surface area contributed by atoms with Gasteiger partial charge in [0, 0.05) is 33.2 Å². The highest BCUT2D eigenvalue weighted by Gasteiger charge is 2.35. The minimum atomic E-state index is -4.21. The van der Waals surface area contributed by atoms with E-state index < -0.39 is 28.5 Å². The predicted molar refractivity (Wildman–Crippen MR) is 169 cm³/mol. The Labute approximate surface area is 262 Å². The molecule has 11 heteroatoms. The van der Waals surface area contributed by atoms with E-state index in [1.54, 1.807) is 49.4 Å². The molecule has 1 aliphatic carbocycles. The smallest absolute Gasteiger partial charge is 0.264 e. The summed E-state index contributed by atoms with van der Waals surface area (Å²) in [6, 6.07) is 16.9. The molecule has 0 unspecified atom stereocenters. The van der Waals surface area contributed by atoms with Crippen molar-refractivity contribution in [1.29, 1.82) is 0 Å². The van der Waals surface area contributed by atoms with Gasteiger partial charge in [0.15, 0.2) is 0 Å². The first-order chi connectivity index (χ1) is 20.0. The lowest BCUT2D eigenvalue weighted by Gasteiger charge is -2.34. The van der Waals surface area contributed by atoms with Crippen LogP contribution >= 0.6 is 34.8 Å². The number of rotatable bonds is 11. The lowest BCUT2D eigenvalue weighted by atomic mass is 10.1. The van der Waals surface area contributed by atoms with Gasteiger partial charge in [0.25, 0.3) is 10.0 Å². The molecule has 1 aliphatic rings. The Kier molecular flexibility index (Phi) is 10.8. The van der Waals surface area contributed by atoms with E-state index >= 15 is 0 Å². The average molecular weight is 651 g/mol. The maximum absolute atomic E-state index is 14.3. The Morgan fingerprint density at radius 3 is 2.14 bits per heavy atom. The molecule has 42 heavy (non-hydrogen) atoms. The summed E-state index contributed by atoms with van der Waals surface area (Å²) >= 11 is 19.0. The number of nitrogens with one attached hydrogen (secondary N) is 1. The van der Waals surface area contributed by atoms with Crippen molar-refractivity contribution in [3.05, 3.63) is 92.9 Å². The fourth-order valence-corrected chi connectivity index (χ4v) is 7.35. The number of nitrogens with zero attached hydrogens (tertiary/aromatic N) is 2. The van der Waals surface area contributed by atoms with Gasteiger partial charge in [-0.15, -0.1) is 0 Å². The monoisotopic (exact) mass is 649 g/mol. The first-order valence-electron chi connectivity index (χ1n) is 13.9. The number of sulfonamides is 1. The van der Waals surface area contributed by atoms with E-state index in [9.17, 15) is 18.0 Å². The molecule has 0 spiro atoms. The number of carbonyl (C=O) groups is 2. The van der Waals surface area contributed by atoms with Crippen LogP contribution in [0.4, 0.5) is 5.69 Å². The van der Waals surface area contributed by atoms with Gasteiger partial charge in [0.2, 0.25) is 11.8 Å². The van der Waals surface area contributed by atoms with Crippen LogP contribution in [0.15, 0.2) is 71.6 Å². The van der Waals surface area contributed by atoms with Crippen molar-refractivity contribution in [2.45, 2.75) is 69.5 Å². The van der Waals surface area contributed by atoms with Gasteiger partial charge in [0.1, 0.15) is 12.6 Å².